The molecule has 1 saturated carbocycles. The second-order valence-electron chi connectivity index (χ2n) is 4.70. The van der Waals surface area contributed by atoms with Crippen LogP contribution in [-0.4, -0.2) is 17.3 Å². The van der Waals surface area contributed by atoms with Gasteiger partial charge in [-0.1, -0.05) is 12.8 Å². The number of halogens is 3. The average molecular weight is 274 g/mol. The lowest BCUT2D eigenvalue weighted by Crippen LogP contribution is -2.48. The predicted molar refractivity (Wildman–Crippen MR) is 65.7 cm³/mol. The molecule has 0 aromatic heterocycles. The van der Waals surface area contributed by atoms with Gasteiger partial charge in [0.15, 0.2) is 0 Å². The van der Waals surface area contributed by atoms with Gasteiger partial charge in [-0.05, 0) is 31.0 Å². The van der Waals surface area contributed by atoms with Crippen molar-refractivity contribution in [3.63, 3.8) is 0 Å². The standard InChI is InChI=1S/C13H14ClF2NO/c14-8-13(5-1-2-6-13)17-12(18)10-7-9(15)3-4-11(10)16/h3-4,7H,1-2,5-6,8H2,(H,17,18). The summed E-state index contributed by atoms with van der Waals surface area (Å²) >= 11 is 5.88. The molecule has 1 aromatic rings. The van der Waals surface area contributed by atoms with E-state index in [1.54, 1.807) is 0 Å². The van der Waals surface area contributed by atoms with Crippen molar-refractivity contribution in [2.75, 3.05) is 5.88 Å². The maximum atomic E-state index is 13.5. The Morgan fingerprint density at radius 3 is 2.61 bits per heavy atom. The fourth-order valence-electron chi connectivity index (χ4n) is 2.32. The van der Waals surface area contributed by atoms with Crippen molar-refractivity contribution in [2.24, 2.45) is 0 Å². The van der Waals surface area contributed by atoms with E-state index in [0.717, 1.165) is 43.9 Å². The van der Waals surface area contributed by atoms with E-state index in [1.807, 2.05) is 0 Å². The van der Waals surface area contributed by atoms with Gasteiger partial charge in [0.2, 0.25) is 0 Å². The van der Waals surface area contributed by atoms with Crippen LogP contribution in [0.4, 0.5) is 8.78 Å². The molecule has 0 spiro atoms. The van der Waals surface area contributed by atoms with Crippen LogP contribution in [0.3, 0.4) is 0 Å². The number of carbonyl (C=O) groups excluding carboxylic acids is 1. The van der Waals surface area contributed by atoms with E-state index >= 15 is 0 Å². The van der Waals surface area contributed by atoms with Gasteiger partial charge in [-0.15, -0.1) is 11.6 Å². The highest BCUT2D eigenvalue weighted by Crippen LogP contribution is 2.31. The van der Waals surface area contributed by atoms with Gasteiger partial charge in [0.25, 0.3) is 5.91 Å². The minimum absolute atomic E-state index is 0.272. The fraction of sp³-hybridized carbons (Fsp3) is 0.462. The van der Waals surface area contributed by atoms with E-state index < -0.39 is 23.1 Å². The molecule has 1 aliphatic carbocycles. The Bertz CT molecular complexity index is 458. The normalized spacial score (nSPS) is 17.7. The first-order valence-corrected chi connectivity index (χ1v) is 6.43. The maximum absolute atomic E-state index is 13.5. The van der Waals surface area contributed by atoms with Gasteiger partial charge in [0.1, 0.15) is 11.6 Å². The Morgan fingerprint density at radius 1 is 1.33 bits per heavy atom. The third-order valence-electron chi connectivity index (χ3n) is 3.37. The van der Waals surface area contributed by atoms with Crippen molar-refractivity contribution in [2.45, 2.75) is 31.2 Å². The van der Waals surface area contributed by atoms with Gasteiger partial charge >= 0.3 is 0 Å². The van der Waals surface area contributed by atoms with Crippen molar-refractivity contribution in [1.82, 2.24) is 5.32 Å². The molecule has 1 amide bonds. The summed E-state index contributed by atoms with van der Waals surface area (Å²) in [6.07, 6.45) is 3.52. The molecule has 0 heterocycles. The van der Waals surface area contributed by atoms with Crippen LogP contribution in [0.25, 0.3) is 0 Å². The topological polar surface area (TPSA) is 29.1 Å². The SMILES string of the molecule is O=C(NC1(CCl)CCCC1)c1cc(F)ccc1F. The molecule has 0 bridgehead atoms. The van der Waals surface area contributed by atoms with Crippen molar-refractivity contribution < 1.29 is 13.6 Å². The smallest absolute Gasteiger partial charge is 0.254 e. The molecule has 1 fully saturated rings. The molecule has 1 aromatic carbocycles. The van der Waals surface area contributed by atoms with Crippen LogP contribution >= 0.6 is 11.6 Å². The molecule has 2 rings (SSSR count). The minimum Gasteiger partial charge on any atom is -0.345 e. The zero-order valence-corrected chi connectivity index (χ0v) is 10.6. The van der Waals surface area contributed by atoms with Crippen molar-refractivity contribution in [3.05, 3.63) is 35.4 Å². The largest absolute Gasteiger partial charge is 0.345 e. The Hall–Kier alpha value is -1.16. The summed E-state index contributed by atoms with van der Waals surface area (Å²) in [5, 5.41) is 2.75. The molecule has 5 heteroatoms. The number of amides is 1. The van der Waals surface area contributed by atoms with E-state index in [2.05, 4.69) is 5.32 Å². The molecular weight excluding hydrogens is 260 g/mol. The number of hydrogen-bond donors (Lipinski definition) is 1. The fourth-order valence-corrected chi connectivity index (χ4v) is 2.66. The highest BCUT2D eigenvalue weighted by Gasteiger charge is 2.35. The van der Waals surface area contributed by atoms with Crippen molar-refractivity contribution in [1.29, 1.82) is 0 Å². The zero-order valence-electron chi connectivity index (χ0n) is 9.81. The maximum Gasteiger partial charge on any atom is 0.254 e. The number of hydrogen-bond acceptors (Lipinski definition) is 1. The summed E-state index contributed by atoms with van der Waals surface area (Å²) in [6.45, 7) is 0. The summed E-state index contributed by atoms with van der Waals surface area (Å²) in [7, 11) is 0. The molecule has 2 nitrogen and oxygen atoms in total. The Kier molecular flexibility index (Phi) is 3.85. The number of nitrogens with one attached hydrogen (secondary N) is 1. The van der Waals surface area contributed by atoms with Crippen LogP contribution in [0.15, 0.2) is 18.2 Å². The van der Waals surface area contributed by atoms with Gasteiger partial charge in [-0.3, -0.25) is 4.79 Å². The number of rotatable bonds is 3. The number of benzene rings is 1. The molecule has 0 saturated heterocycles. The predicted octanol–water partition coefficient (Wildman–Crippen LogP) is 3.25. The van der Waals surface area contributed by atoms with Crippen molar-refractivity contribution in [3.8, 4) is 0 Å². The average Bonchev–Trinajstić information content (AvgIpc) is 2.81. The molecule has 1 N–H and O–H groups in total. The minimum atomic E-state index is -0.725. The molecule has 18 heavy (non-hydrogen) atoms. The van der Waals surface area contributed by atoms with Crippen LogP contribution < -0.4 is 5.32 Å². The van der Waals surface area contributed by atoms with E-state index in [0.29, 0.717) is 0 Å². The van der Waals surface area contributed by atoms with Crippen LogP contribution in [0.5, 0.6) is 0 Å². The Labute approximate surface area is 109 Å². The van der Waals surface area contributed by atoms with Gasteiger partial charge in [-0.2, -0.15) is 0 Å². The van der Waals surface area contributed by atoms with Crippen molar-refractivity contribution >= 4 is 17.5 Å². The van der Waals surface area contributed by atoms with Gasteiger partial charge in [0.05, 0.1) is 11.1 Å². The molecule has 98 valence electrons. The van der Waals surface area contributed by atoms with Crippen LogP contribution in [0, 0.1) is 11.6 Å². The lowest BCUT2D eigenvalue weighted by atomic mass is 9.99. The molecule has 0 radical (unpaired) electrons. The van der Waals surface area contributed by atoms with Gasteiger partial charge in [0, 0.05) is 5.88 Å². The summed E-state index contributed by atoms with van der Waals surface area (Å²) < 4.78 is 26.5. The number of alkyl halides is 1. The van der Waals surface area contributed by atoms with E-state index in [9.17, 15) is 13.6 Å². The summed E-state index contributed by atoms with van der Waals surface area (Å²) in [6, 6.07) is 2.84. The van der Waals surface area contributed by atoms with E-state index in [1.165, 1.54) is 0 Å². The zero-order chi connectivity index (χ0) is 13.2. The quantitative estimate of drug-likeness (QED) is 0.842. The first kappa shape index (κ1) is 13.3. The van der Waals surface area contributed by atoms with Crippen LogP contribution in [0.2, 0.25) is 0 Å². The number of carbonyl (C=O) groups is 1. The third kappa shape index (κ3) is 2.64. The first-order valence-electron chi connectivity index (χ1n) is 5.90. The molecule has 0 atom stereocenters. The van der Waals surface area contributed by atoms with Gasteiger partial charge < -0.3 is 5.32 Å². The first-order chi connectivity index (χ1) is 8.56. The second kappa shape index (κ2) is 5.22. The lowest BCUT2D eigenvalue weighted by molar-refractivity contribution is 0.0904. The molecule has 0 unspecified atom stereocenters. The molecule has 1 aliphatic rings. The highest BCUT2D eigenvalue weighted by molar-refractivity contribution is 6.19. The highest BCUT2D eigenvalue weighted by atomic mass is 35.5. The summed E-state index contributed by atoms with van der Waals surface area (Å²) in [4.78, 5) is 12.0. The summed E-state index contributed by atoms with van der Waals surface area (Å²) in [5.41, 5.74) is -0.747. The lowest BCUT2D eigenvalue weighted by Gasteiger charge is -2.27. The second-order valence-corrected chi connectivity index (χ2v) is 4.97. The van der Waals surface area contributed by atoms with Crippen LogP contribution in [-0.2, 0) is 0 Å². The molecule has 0 aliphatic heterocycles. The molecular formula is C13H14ClF2NO. The monoisotopic (exact) mass is 273 g/mol. The van der Waals surface area contributed by atoms with Crippen LogP contribution in [0.1, 0.15) is 36.0 Å². The van der Waals surface area contributed by atoms with E-state index in [4.69, 9.17) is 11.6 Å². The van der Waals surface area contributed by atoms with Gasteiger partial charge in [-0.25, -0.2) is 8.78 Å². The third-order valence-corrected chi connectivity index (χ3v) is 3.88. The Morgan fingerprint density at radius 2 is 2.00 bits per heavy atom. The Balaban J connectivity index is 2.18. The van der Waals surface area contributed by atoms with E-state index in [-0.39, 0.29) is 11.4 Å². The summed E-state index contributed by atoms with van der Waals surface area (Å²) in [5.74, 6) is -1.67.